The van der Waals surface area contributed by atoms with Crippen molar-refractivity contribution in [2.75, 3.05) is 11.5 Å². The van der Waals surface area contributed by atoms with Crippen LogP contribution < -0.4 is 0 Å². The van der Waals surface area contributed by atoms with Gasteiger partial charge in [-0.2, -0.15) is 21.0 Å². The molecule has 0 rings (SSSR count). The monoisotopic (exact) mass is 150 g/mol. The predicted molar refractivity (Wildman–Crippen MR) is 37.4 cm³/mol. The molecule has 0 bridgehead atoms. The van der Waals surface area contributed by atoms with Gasteiger partial charge < -0.3 is 0 Å². The predicted octanol–water partition coefficient (Wildman–Crippen LogP) is -0.845. The van der Waals surface area contributed by atoms with Crippen LogP contribution >= 0.6 is 12.6 Å². The van der Waals surface area contributed by atoms with E-state index in [1.165, 1.54) is 0 Å². The Morgan fingerprint density at radius 3 is 1.88 bits per heavy atom. The second-order valence-corrected chi connectivity index (χ2v) is 3.03. The molecule has 0 aliphatic carbocycles. The van der Waals surface area contributed by atoms with Gasteiger partial charge in [0, 0.05) is 5.75 Å². The molecule has 6 heteroatoms. The van der Waals surface area contributed by atoms with Crippen LogP contribution in [0.3, 0.4) is 0 Å². The van der Waals surface area contributed by atoms with E-state index < -0.39 is 10.1 Å². The number of hydrogen-bond donors (Lipinski definition) is 2. The van der Waals surface area contributed by atoms with E-state index in [1.807, 2.05) is 0 Å². The van der Waals surface area contributed by atoms with Crippen LogP contribution in [0, 0.1) is 0 Å². The van der Waals surface area contributed by atoms with Gasteiger partial charge in [0.1, 0.15) is 0 Å². The molecule has 3 nitrogen and oxygen atoms in total. The van der Waals surface area contributed by atoms with Gasteiger partial charge in [0.2, 0.25) is 0 Å². The normalized spacial score (nSPS) is 10.2. The van der Waals surface area contributed by atoms with Crippen molar-refractivity contribution >= 4 is 41.6 Å². The summed E-state index contributed by atoms with van der Waals surface area (Å²) in [5, 5.41) is 0. The SMILES string of the molecule is O=S(=O)(O)CCS.[LiH]. The van der Waals surface area contributed by atoms with Crippen molar-refractivity contribution in [3.05, 3.63) is 0 Å². The summed E-state index contributed by atoms with van der Waals surface area (Å²) >= 11 is 3.57. The first-order valence-electron chi connectivity index (χ1n) is 1.62. The van der Waals surface area contributed by atoms with Gasteiger partial charge in [-0.05, 0) is 0 Å². The van der Waals surface area contributed by atoms with Crippen LogP contribution in [0.2, 0.25) is 0 Å². The molecular formula is C2H7LiO3S2. The van der Waals surface area contributed by atoms with Gasteiger partial charge in [0.25, 0.3) is 10.1 Å². The molecule has 0 fully saturated rings. The van der Waals surface area contributed by atoms with Crippen molar-refractivity contribution in [1.82, 2.24) is 0 Å². The van der Waals surface area contributed by atoms with E-state index in [2.05, 4.69) is 12.6 Å². The first-order chi connectivity index (χ1) is 3.06. The summed E-state index contributed by atoms with van der Waals surface area (Å²) in [4.78, 5) is 0. The fraction of sp³-hybridized carbons (Fsp3) is 1.00. The standard InChI is InChI=1S/C2H6O3S2.Li.H/c3-7(4,5)2-1-6;;/h6H,1-2H2,(H,3,4,5);;. The Kier molecular flexibility index (Phi) is 6.85. The third-order valence-electron chi connectivity index (χ3n) is 0.349. The molecule has 0 saturated heterocycles. The van der Waals surface area contributed by atoms with Crippen molar-refractivity contribution in [1.29, 1.82) is 0 Å². The molecule has 0 amide bonds. The molecular weight excluding hydrogens is 143 g/mol. The zero-order valence-corrected chi connectivity index (χ0v) is 5.24. The minimum atomic E-state index is -3.75. The van der Waals surface area contributed by atoms with E-state index in [9.17, 15) is 8.42 Å². The van der Waals surface area contributed by atoms with E-state index >= 15 is 0 Å². The number of rotatable bonds is 2. The average molecular weight is 150 g/mol. The van der Waals surface area contributed by atoms with Crippen molar-refractivity contribution in [2.24, 2.45) is 0 Å². The van der Waals surface area contributed by atoms with Crippen LogP contribution in [0.5, 0.6) is 0 Å². The number of hydrogen-bond acceptors (Lipinski definition) is 3. The van der Waals surface area contributed by atoms with Crippen LogP contribution in [0.15, 0.2) is 0 Å². The molecule has 0 aliphatic rings. The molecule has 0 spiro atoms. The van der Waals surface area contributed by atoms with Crippen molar-refractivity contribution in [2.45, 2.75) is 0 Å². The molecule has 0 radical (unpaired) electrons. The average Bonchev–Trinajstić information content (AvgIpc) is 1.30. The Morgan fingerprint density at radius 1 is 1.50 bits per heavy atom. The maximum atomic E-state index is 9.74. The fourth-order valence-electron chi connectivity index (χ4n) is 0.115. The second kappa shape index (κ2) is 4.71. The third kappa shape index (κ3) is 9.97. The Morgan fingerprint density at radius 2 is 1.88 bits per heavy atom. The summed E-state index contributed by atoms with van der Waals surface area (Å²) in [5.74, 6) is -0.102. The summed E-state index contributed by atoms with van der Waals surface area (Å²) in [6, 6.07) is 0. The van der Waals surface area contributed by atoms with Gasteiger partial charge in [0.05, 0.1) is 5.75 Å². The van der Waals surface area contributed by atoms with E-state index in [4.69, 9.17) is 4.55 Å². The Bertz CT molecular complexity index is 128. The molecule has 0 aromatic rings. The summed E-state index contributed by atoms with van der Waals surface area (Å²) in [7, 11) is -3.75. The quantitative estimate of drug-likeness (QED) is 0.306. The Hall–Kier alpha value is 0.857. The van der Waals surface area contributed by atoms with E-state index in [0.29, 0.717) is 0 Å². The van der Waals surface area contributed by atoms with Crippen LogP contribution in [0.4, 0.5) is 0 Å². The van der Waals surface area contributed by atoms with Gasteiger partial charge in [0.15, 0.2) is 0 Å². The molecule has 0 atom stereocenters. The second-order valence-electron chi connectivity index (χ2n) is 1.01. The van der Waals surface area contributed by atoms with E-state index in [1.54, 1.807) is 0 Å². The van der Waals surface area contributed by atoms with Gasteiger partial charge in [-0.15, -0.1) is 0 Å². The molecule has 0 unspecified atom stereocenters. The topological polar surface area (TPSA) is 54.4 Å². The van der Waals surface area contributed by atoms with Gasteiger partial charge >= 0.3 is 18.9 Å². The third-order valence-corrected chi connectivity index (χ3v) is 1.60. The molecule has 0 aliphatic heterocycles. The molecule has 0 saturated carbocycles. The molecule has 0 aromatic heterocycles. The summed E-state index contributed by atoms with van der Waals surface area (Å²) in [6.45, 7) is 0. The van der Waals surface area contributed by atoms with Crippen LogP contribution in [0.1, 0.15) is 0 Å². The molecule has 8 heavy (non-hydrogen) atoms. The summed E-state index contributed by atoms with van der Waals surface area (Å²) < 4.78 is 27.4. The first-order valence-corrected chi connectivity index (χ1v) is 3.86. The molecule has 46 valence electrons. The number of thiol groups is 1. The Balaban J connectivity index is 0. The zero-order valence-electron chi connectivity index (χ0n) is 3.53. The molecule has 0 heterocycles. The van der Waals surface area contributed by atoms with E-state index in [0.717, 1.165) is 0 Å². The first kappa shape index (κ1) is 11.6. The maximum absolute atomic E-state index is 9.74. The molecule has 1 N–H and O–H groups in total. The molecule has 0 aromatic carbocycles. The van der Waals surface area contributed by atoms with Gasteiger partial charge in [-0.1, -0.05) is 0 Å². The summed E-state index contributed by atoms with van der Waals surface area (Å²) in [6.07, 6.45) is 0. The summed E-state index contributed by atoms with van der Waals surface area (Å²) in [5.41, 5.74) is 0. The van der Waals surface area contributed by atoms with Gasteiger partial charge in [-0.3, -0.25) is 4.55 Å². The van der Waals surface area contributed by atoms with Crippen LogP contribution in [-0.2, 0) is 10.1 Å². The Labute approximate surface area is 66.2 Å². The minimum absolute atomic E-state index is 0. The van der Waals surface area contributed by atoms with Crippen molar-refractivity contribution in [3.8, 4) is 0 Å². The van der Waals surface area contributed by atoms with Crippen molar-refractivity contribution in [3.63, 3.8) is 0 Å². The van der Waals surface area contributed by atoms with Crippen LogP contribution in [-0.4, -0.2) is 43.3 Å². The van der Waals surface area contributed by atoms with Crippen molar-refractivity contribution < 1.29 is 13.0 Å². The van der Waals surface area contributed by atoms with Gasteiger partial charge in [-0.25, -0.2) is 0 Å². The zero-order chi connectivity index (χ0) is 5.91. The van der Waals surface area contributed by atoms with E-state index in [-0.39, 0.29) is 30.4 Å². The van der Waals surface area contributed by atoms with Crippen LogP contribution in [0.25, 0.3) is 0 Å². The fourth-order valence-corrected chi connectivity index (χ4v) is 1.04.